The molecular formula is C20H31ClN4O2. The molecule has 150 valence electrons. The predicted octanol–water partition coefficient (Wildman–Crippen LogP) is 3.00. The molecule has 6 nitrogen and oxygen atoms in total. The third-order valence-corrected chi connectivity index (χ3v) is 5.51. The highest BCUT2D eigenvalue weighted by atomic mass is 35.5. The van der Waals surface area contributed by atoms with Crippen LogP contribution in [-0.2, 0) is 4.79 Å². The number of nitrogens with zero attached hydrogens (tertiary/aromatic N) is 2. The van der Waals surface area contributed by atoms with E-state index in [4.69, 9.17) is 5.73 Å². The van der Waals surface area contributed by atoms with Crippen LogP contribution in [0.5, 0.6) is 0 Å². The zero-order valence-corrected chi connectivity index (χ0v) is 16.8. The summed E-state index contributed by atoms with van der Waals surface area (Å²) in [4.78, 5) is 29.4. The summed E-state index contributed by atoms with van der Waals surface area (Å²) >= 11 is 0. The number of carbonyl (C=O) groups excluding carboxylic acids is 2. The molecule has 2 fully saturated rings. The largest absolute Gasteiger partial charge is 0.338 e. The zero-order chi connectivity index (χ0) is 18.5. The van der Waals surface area contributed by atoms with E-state index in [1.165, 1.54) is 0 Å². The molecule has 3 amide bonds. The molecule has 27 heavy (non-hydrogen) atoms. The fourth-order valence-electron chi connectivity index (χ4n) is 4.06. The molecule has 2 atom stereocenters. The Morgan fingerprint density at radius 1 is 1.19 bits per heavy atom. The monoisotopic (exact) mass is 394 g/mol. The minimum absolute atomic E-state index is 0. The van der Waals surface area contributed by atoms with Crippen molar-refractivity contribution in [2.24, 2.45) is 11.7 Å². The molecule has 0 saturated carbocycles. The summed E-state index contributed by atoms with van der Waals surface area (Å²) in [7, 11) is 0. The van der Waals surface area contributed by atoms with Gasteiger partial charge >= 0.3 is 6.03 Å². The Kier molecular flexibility index (Phi) is 7.92. The van der Waals surface area contributed by atoms with Crippen LogP contribution in [0, 0.1) is 12.8 Å². The number of benzene rings is 1. The van der Waals surface area contributed by atoms with Crippen LogP contribution in [0.15, 0.2) is 24.3 Å². The number of piperidine rings is 2. The number of urea groups is 1. The number of hydrogen-bond donors (Lipinski definition) is 2. The van der Waals surface area contributed by atoms with Crippen LogP contribution in [0.4, 0.5) is 10.5 Å². The van der Waals surface area contributed by atoms with Crippen molar-refractivity contribution in [1.29, 1.82) is 0 Å². The maximum absolute atomic E-state index is 13.0. The number of anilines is 1. The summed E-state index contributed by atoms with van der Waals surface area (Å²) in [6, 6.07) is 7.80. The van der Waals surface area contributed by atoms with Crippen LogP contribution < -0.4 is 11.1 Å². The molecule has 1 aromatic rings. The topological polar surface area (TPSA) is 78.7 Å². The Morgan fingerprint density at radius 3 is 2.74 bits per heavy atom. The van der Waals surface area contributed by atoms with Gasteiger partial charge in [-0.05, 0) is 56.7 Å². The maximum Gasteiger partial charge on any atom is 0.321 e. The molecule has 3 N–H and O–H groups in total. The second-order valence-electron chi connectivity index (χ2n) is 7.50. The van der Waals surface area contributed by atoms with Crippen LogP contribution >= 0.6 is 12.4 Å². The number of carbonyl (C=O) groups is 2. The van der Waals surface area contributed by atoms with Crippen LogP contribution in [0.25, 0.3) is 0 Å². The average Bonchev–Trinajstić information content (AvgIpc) is 2.67. The summed E-state index contributed by atoms with van der Waals surface area (Å²) < 4.78 is 0. The molecule has 0 aliphatic carbocycles. The summed E-state index contributed by atoms with van der Waals surface area (Å²) in [6.45, 7) is 4.51. The van der Waals surface area contributed by atoms with Gasteiger partial charge in [-0.25, -0.2) is 4.79 Å². The van der Waals surface area contributed by atoms with Crippen molar-refractivity contribution in [3.05, 3.63) is 29.8 Å². The van der Waals surface area contributed by atoms with Crippen LogP contribution in [0.2, 0.25) is 0 Å². The van der Waals surface area contributed by atoms with E-state index in [0.29, 0.717) is 19.6 Å². The molecule has 0 bridgehead atoms. The Balaban J connectivity index is 0.00000261. The SMILES string of the molecule is Cc1cccc(NC(=O)N2CCCC(C(=O)N3CCCCC3CN)C2)c1.Cl. The van der Waals surface area contributed by atoms with Crippen LogP contribution in [0.3, 0.4) is 0 Å². The highest BCUT2D eigenvalue weighted by molar-refractivity contribution is 5.90. The van der Waals surface area contributed by atoms with Crippen molar-refractivity contribution in [1.82, 2.24) is 9.80 Å². The Bertz CT molecular complexity index is 655. The Hall–Kier alpha value is -1.79. The molecule has 2 saturated heterocycles. The van der Waals surface area contributed by atoms with Gasteiger partial charge < -0.3 is 20.9 Å². The molecule has 1 aromatic carbocycles. The Labute approximate surface area is 167 Å². The van der Waals surface area contributed by atoms with E-state index in [1.807, 2.05) is 36.1 Å². The lowest BCUT2D eigenvalue weighted by Gasteiger charge is -2.40. The summed E-state index contributed by atoms with van der Waals surface area (Å²) in [5.41, 5.74) is 7.76. The van der Waals surface area contributed by atoms with Crippen molar-refractivity contribution >= 4 is 30.0 Å². The van der Waals surface area contributed by atoms with Gasteiger partial charge in [0.05, 0.1) is 5.92 Å². The van der Waals surface area contributed by atoms with E-state index in [0.717, 1.165) is 49.9 Å². The van der Waals surface area contributed by atoms with E-state index < -0.39 is 0 Å². The minimum atomic E-state index is -0.123. The average molecular weight is 395 g/mol. The smallest absolute Gasteiger partial charge is 0.321 e. The third kappa shape index (κ3) is 5.36. The number of aryl methyl sites for hydroxylation is 1. The van der Waals surface area contributed by atoms with Gasteiger partial charge in [0.25, 0.3) is 0 Å². The molecule has 2 heterocycles. The van der Waals surface area contributed by atoms with Gasteiger partial charge in [0.1, 0.15) is 0 Å². The van der Waals surface area contributed by atoms with Crippen LogP contribution in [-0.4, -0.2) is 54.0 Å². The van der Waals surface area contributed by atoms with Gasteiger partial charge in [0, 0.05) is 37.9 Å². The van der Waals surface area contributed by atoms with Gasteiger partial charge in [-0.15, -0.1) is 12.4 Å². The molecule has 3 rings (SSSR count). The number of nitrogens with one attached hydrogen (secondary N) is 1. The Morgan fingerprint density at radius 2 is 2.00 bits per heavy atom. The molecule has 2 unspecified atom stereocenters. The molecule has 2 aliphatic heterocycles. The lowest BCUT2D eigenvalue weighted by atomic mass is 9.93. The number of halogens is 1. The van der Waals surface area contributed by atoms with Crippen molar-refractivity contribution < 1.29 is 9.59 Å². The van der Waals surface area contributed by atoms with Gasteiger partial charge in [-0.2, -0.15) is 0 Å². The first-order valence-electron chi connectivity index (χ1n) is 9.71. The normalized spacial score (nSPS) is 22.7. The van der Waals surface area contributed by atoms with Crippen LogP contribution in [0.1, 0.15) is 37.7 Å². The highest BCUT2D eigenvalue weighted by Crippen LogP contribution is 2.24. The second-order valence-corrected chi connectivity index (χ2v) is 7.50. The van der Waals surface area contributed by atoms with Crippen molar-refractivity contribution in [2.75, 3.05) is 31.5 Å². The van der Waals surface area contributed by atoms with E-state index in [2.05, 4.69) is 5.32 Å². The molecule has 7 heteroatoms. The highest BCUT2D eigenvalue weighted by Gasteiger charge is 2.34. The number of hydrogen-bond acceptors (Lipinski definition) is 3. The standard InChI is InChI=1S/C20H30N4O2.ClH/c1-15-6-4-8-17(12-15)22-20(26)23-10-5-7-16(14-23)19(25)24-11-3-2-9-18(24)13-21;/h4,6,8,12,16,18H,2-3,5,7,9-11,13-14,21H2,1H3,(H,22,26);1H. The molecule has 0 spiro atoms. The first-order valence-corrected chi connectivity index (χ1v) is 9.71. The van der Waals surface area contributed by atoms with Gasteiger partial charge in [-0.1, -0.05) is 12.1 Å². The van der Waals surface area contributed by atoms with Gasteiger partial charge in [0.15, 0.2) is 0 Å². The summed E-state index contributed by atoms with van der Waals surface area (Å²) in [6.07, 6.45) is 4.89. The fraction of sp³-hybridized carbons (Fsp3) is 0.600. The van der Waals surface area contributed by atoms with Gasteiger partial charge in [0.2, 0.25) is 5.91 Å². The van der Waals surface area contributed by atoms with Crippen molar-refractivity contribution in [2.45, 2.75) is 45.1 Å². The fourth-order valence-corrected chi connectivity index (χ4v) is 4.06. The quantitative estimate of drug-likeness (QED) is 0.827. The first-order chi connectivity index (χ1) is 12.6. The molecule has 0 aromatic heterocycles. The van der Waals surface area contributed by atoms with Crippen molar-refractivity contribution in [3.63, 3.8) is 0 Å². The lowest BCUT2D eigenvalue weighted by Crippen LogP contribution is -2.53. The van der Waals surface area contributed by atoms with Crippen molar-refractivity contribution in [3.8, 4) is 0 Å². The van der Waals surface area contributed by atoms with E-state index in [1.54, 1.807) is 4.90 Å². The molecular weight excluding hydrogens is 364 g/mol. The molecule has 2 aliphatic rings. The van der Waals surface area contributed by atoms with E-state index in [-0.39, 0.29) is 36.3 Å². The summed E-state index contributed by atoms with van der Waals surface area (Å²) in [5.74, 6) is 0.0624. The first kappa shape index (κ1) is 21.5. The van der Waals surface area contributed by atoms with E-state index in [9.17, 15) is 9.59 Å². The minimum Gasteiger partial charge on any atom is -0.338 e. The van der Waals surface area contributed by atoms with Gasteiger partial charge in [-0.3, -0.25) is 4.79 Å². The number of likely N-dealkylation sites (tertiary alicyclic amines) is 2. The number of nitrogens with two attached hydrogens (primary N) is 1. The number of amides is 3. The van der Waals surface area contributed by atoms with E-state index >= 15 is 0 Å². The lowest BCUT2D eigenvalue weighted by molar-refractivity contribution is -0.140. The zero-order valence-electron chi connectivity index (χ0n) is 16.0. The second kappa shape index (κ2) is 9.95. The molecule has 0 radical (unpaired) electrons. The third-order valence-electron chi connectivity index (χ3n) is 5.51. The maximum atomic E-state index is 13.0. The predicted molar refractivity (Wildman–Crippen MR) is 110 cm³/mol. The summed E-state index contributed by atoms with van der Waals surface area (Å²) in [5, 5.41) is 2.95. The number of rotatable bonds is 3.